The van der Waals surface area contributed by atoms with Gasteiger partial charge in [0.05, 0.1) is 0 Å². The van der Waals surface area contributed by atoms with Gasteiger partial charge in [0.1, 0.15) is 17.6 Å². The molecule has 33 heavy (non-hydrogen) atoms. The molecule has 2 saturated heterocycles. The largest absolute Gasteiger partial charge is 0.344 e. The number of carbonyl (C=O) groups is 5. The number of benzene rings is 1. The molecule has 0 aromatic heterocycles. The van der Waals surface area contributed by atoms with Crippen LogP contribution in [-0.4, -0.2) is 51.8 Å². The van der Waals surface area contributed by atoms with E-state index in [0.29, 0.717) is 28.7 Å². The molecule has 2 aliphatic heterocycles. The molecule has 3 fully saturated rings. The van der Waals surface area contributed by atoms with Gasteiger partial charge in [-0.05, 0) is 56.2 Å². The van der Waals surface area contributed by atoms with Crippen molar-refractivity contribution in [1.82, 2.24) is 26.0 Å². The molecule has 3 N–H and O–H groups in total. The Morgan fingerprint density at radius 1 is 1.06 bits per heavy atom. The first-order valence-electron chi connectivity index (χ1n) is 10.5. The maximum atomic E-state index is 13.7. The molecule has 4 rings (SSSR count). The average Bonchev–Trinajstić information content (AvgIpc) is 3.12. The van der Waals surface area contributed by atoms with Crippen LogP contribution in [0.5, 0.6) is 0 Å². The predicted octanol–water partition coefficient (Wildman–Crippen LogP) is 1.26. The second-order valence-electron chi connectivity index (χ2n) is 8.95. The Kier molecular flexibility index (Phi) is 5.33. The Balaban J connectivity index is 1.45. The number of nitrogens with zero attached hydrogens (tertiary/aromatic N) is 2. The van der Waals surface area contributed by atoms with Crippen molar-refractivity contribution in [2.45, 2.75) is 50.6 Å². The molecule has 1 saturated carbocycles. The molecule has 1 aromatic carbocycles. The topological polar surface area (TPSA) is 128 Å². The van der Waals surface area contributed by atoms with Gasteiger partial charge >= 0.3 is 12.1 Å². The van der Waals surface area contributed by atoms with E-state index in [1.165, 1.54) is 6.92 Å². The molecule has 12 heteroatoms. The zero-order chi connectivity index (χ0) is 24.1. The summed E-state index contributed by atoms with van der Waals surface area (Å²) < 4.78 is 26.9. The highest BCUT2D eigenvalue weighted by Crippen LogP contribution is 2.36. The van der Waals surface area contributed by atoms with Gasteiger partial charge in [-0.25, -0.2) is 18.4 Å². The number of imide groups is 2. The zero-order valence-corrected chi connectivity index (χ0v) is 18.0. The summed E-state index contributed by atoms with van der Waals surface area (Å²) in [5.74, 6) is -4.30. The molecule has 0 unspecified atom stereocenters. The van der Waals surface area contributed by atoms with Crippen LogP contribution >= 0.6 is 0 Å². The number of hydrogen-bond donors (Lipinski definition) is 3. The molecule has 10 nitrogen and oxygen atoms in total. The number of amides is 7. The summed E-state index contributed by atoms with van der Waals surface area (Å²) in [6, 6.07) is 1.04. The standard InChI is InChI=1S/C21H23F2N5O5/c1-11-5-7-21(8-6-11)17(31)28(19(33)25-21)26-15(29)10-27-16(30)20(2,24-18(27)32)12-3-4-13(22)14(23)9-12/h3-4,9,11H,5-8,10H2,1-2H3,(H,24,32)(H,25,33)(H,26,29)/t11?,20-,21?/m0/s1. The van der Waals surface area contributed by atoms with Crippen molar-refractivity contribution in [1.29, 1.82) is 0 Å². The van der Waals surface area contributed by atoms with Crippen LogP contribution in [0.4, 0.5) is 18.4 Å². The lowest BCUT2D eigenvalue weighted by Crippen LogP contribution is -2.53. The number of halogens is 2. The zero-order valence-electron chi connectivity index (χ0n) is 18.0. The van der Waals surface area contributed by atoms with Gasteiger partial charge in [-0.2, -0.15) is 5.01 Å². The lowest BCUT2D eigenvalue weighted by atomic mass is 9.77. The smallest absolute Gasteiger partial charge is 0.322 e. The lowest BCUT2D eigenvalue weighted by Gasteiger charge is -2.33. The van der Waals surface area contributed by atoms with E-state index in [1.54, 1.807) is 0 Å². The number of carbonyl (C=O) groups excluding carboxylic acids is 5. The van der Waals surface area contributed by atoms with Gasteiger partial charge < -0.3 is 10.6 Å². The van der Waals surface area contributed by atoms with E-state index in [9.17, 15) is 32.8 Å². The molecule has 0 bridgehead atoms. The molecule has 2 heterocycles. The molecule has 0 radical (unpaired) electrons. The highest BCUT2D eigenvalue weighted by atomic mass is 19.2. The maximum absolute atomic E-state index is 13.7. The summed E-state index contributed by atoms with van der Waals surface area (Å²) in [5, 5.41) is 5.59. The SMILES string of the molecule is CC1CCC2(CC1)NC(=O)N(NC(=O)CN1C(=O)N[C@@](C)(c3ccc(F)c(F)c3)C1=O)C2=O. The van der Waals surface area contributed by atoms with E-state index < -0.39 is 59.0 Å². The first kappa shape index (κ1) is 22.6. The summed E-state index contributed by atoms with van der Waals surface area (Å²) in [5.41, 5.74) is -0.640. The number of rotatable bonds is 4. The molecule has 1 spiro atoms. The fourth-order valence-electron chi connectivity index (χ4n) is 4.46. The van der Waals surface area contributed by atoms with Crippen LogP contribution in [0.3, 0.4) is 0 Å². The number of hydrazine groups is 1. The molecule has 1 aliphatic carbocycles. The fourth-order valence-corrected chi connectivity index (χ4v) is 4.46. The molecule has 3 aliphatic rings. The van der Waals surface area contributed by atoms with Gasteiger partial charge in [0.25, 0.3) is 17.7 Å². The minimum absolute atomic E-state index is 0.00905. The summed E-state index contributed by atoms with van der Waals surface area (Å²) in [7, 11) is 0. The second-order valence-corrected chi connectivity index (χ2v) is 8.95. The van der Waals surface area contributed by atoms with Crippen molar-refractivity contribution < 1.29 is 32.8 Å². The predicted molar refractivity (Wildman–Crippen MR) is 108 cm³/mol. The third-order valence-electron chi connectivity index (χ3n) is 6.60. The van der Waals surface area contributed by atoms with Crippen molar-refractivity contribution >= 4 is 29.8 Å². The van der Waals surface area contributed by atoms with Gasteiger partial charge in [-0.1, -0.05) is 13.0 Å². The lowest BCUT2D eigenvalue weighted by molar-refractivity contribution is -0.141. The van der Waals surface area contributed by atoms with E-state index >= 15 is 0 Å². The summed E-state index contributed by atoms with van der Waals surface area (Å²) in [6.45, 7) is 2.56. The summed E-state index contributed by atoms with van der Waals surface area (Å²) in [4.78, 5) is 63.6. The van der Waals surface area contributed by atoms with E-state index in [1.807, 2.05) is 0 Å². The monoisotopic (exact) mass is 463 g/mol. The third-order valence-corrected chi connectivity index (χ3v) is 6.60. The van der Waals surface area contributed by atoms with Crippen LogP contribution in [0.15, 0.2) is 18.2 Å². The van der Waals surface area contributed by atoms with Crippen LogP contribution < -0.4 is 16.1 Å². The Labute approximate surface area is 187 Å². The summed E-state index contributed by atoms with van der Waals surface area (Å²) >= 11 is 0. The second kappa shape index (κ2) is 7.78. The highest BCUT2D eigenvalue weighted by Gasteiger charge is 2.54. The average molecular weight is 463 g/mol. The number of urea groups is 2. The van der Waals surface area contributed by atoms with Crippen molar-refractivity contribution in [3.63, 3.8) is 0 Å². The van der Waals surface area contributed by atoms with Crippen LogP contribution in [0.25, 0.3) is 0 Å². The Morgan fingerprint density at radius 2 is 1.73 bits per heavy atom. The maximum Gasteiger partial charge on any atom is 0.344 e. The number of hydrogen-bond acceptors (Lipinski definition) is 5. The molecule has 1 aromatic rings. The van der Waals surface area contributed by atoms with Crippen LogP contribution in [0, 0.1) is 17.6 Å². The first-order chi connectivity index (χ1) is 15.5. The first-order valence-corrected chi connectivity index (χ1v) is 10.5. The van der Waals surface area contributed by atoms with Crippen molar-refractivity contribution in [2.75, 3.05) is 6.54 Å². The van der Waals surface area contributed by atoms with Crippen LogP contribution in [0.1, 0.15) is 45.1 Å². The third kappa shape index (κ3) is 3.68. The van der Waals surface area contributed by atoms with Gasteiger partial charge in [0, 0.05) is 0 Å². The van der Waals surface area contributed by atoms with Crippen LogP contribution in [-0.2, 0) is 19.9 Å². The minimum Gasteiger partial charge on any atom is -0.322 e. The van der Waals surface area contributed by atoms with Crippen molar-refractivity contribution in [3.05, 3.63) is 35.4 Å². The Hall–Kier alpha value is -3.57. The van der Waals surface area contributed by atoms with E-state index in [-0.39, 0.29) is 5.56 Å². The normalized spacial score (nSPS) is 29.5. The van der Waals surface area contributed by atoms with Gasteiger partial charge in [-0.15, -0.1) is 0 Å². The molecule has 1 atom stereocenters. The summed E-state index contributed by atoms with van der Waals surface area (Å²) in [6.07, 6.45) is 2.40. The van der Waals surface area contributed by atoms with Crippen molar-refractivity contribution in [3.8, 4) is 0 Å². The van der Waals surface area contributed by atoms with E-state index in [4.69, 9.17) is 0 Å². The van der Waals surface area contributed by atoms with Gasteiger partial charge in [0.15, 0.2) is 11.6 Å². The van der Waals surface area contributed by atoms with Crippen LogP contribution in [0.2, 0.25) is 0 Å². The molecular weight excluding hydrogens is 440 g/mol. The highest BCUT2D eigenvalue weighted by molar-refractivity contribution is 6.10. The molecule has 176 valence electrons. The Bertz CT molecular complexity index is 1070. The Morgan fingerprint density at radius 3 is 2.36 bits per heavy atom. The van der Waals surface area contributed by atoms with Crippen molar-refractivity contribution in [2.24, 2.45) is 5.92 Å². The van der Waals surface area contributed by atoms with Gasteiger partial charge in [-0.3, -0.25) is 24.7 Å². The quantitative estimate of drug-likeness (QED) is 0.580. The van der Waals surface area contributed by atoms with E-state index in [2.05, 4.69) is 23.0 Å². The van der Waals surface area contributed by atoms with Gasteiger partial charge in [0.2, 0.25) is 0 Å². The minimum atomic E-state index is -1.73. The fraction of sp³-hybridized carbons (Fsp3) is 0.476. The van der Waals surface area contributed by atoms with E-state index in [0.717, 1.165) is 31.0 Å². The molecular formula is C21H23F2N5O5. The number of nitrogens with one attached hydrogen (secondary N) is 3. The molecule has 7 amide bonds.